The summed E-state index contributed by atoms with van der Waals surface area (Å²) in [6.07, 6.45) is 5.13. The highest BCUT2D eigenvalue weighted by Gasteiger charge is 2.63. The molecule has 0 aliphatic heterocycles. The molecule has 2 saturated carbocycles. The number of allylic oxidation sites excluding steroid dienone is 1. The summed E-state index contributed by atoms with van der Waals surface area (Å²) < 4.78 is 0. The van der Waals surface area contributed by atoms with Gasteiger partial charge in [-0.2, -0.15) is 0 Å². The van der Waals surface area contributed by atoms with Crippen LogP contribution >= 0.6 is 0 Å². The molecule has 11 heteroatoms. The first-order valence-electron chi connectivity index (χ1n) is 14.7. The molecule has 2 fully saturated rings. The number of fused-ring (bicyclic) bond motifs is 5. The monoisotopic (exact) mass is 580 g/mol. The van der Waals surface area contributed by atoms with E-state index < -0.39 is 58.0 Å². The van der Waals surface area contributed by atoms with Crippen LogP contribution in [0.3, 0.4) is 0 Å². The number of phenols is 1. The normalized spacial score (nSPS) is 33.7. The first kappa shape index (κ1) is 28.7. The van der Waals surface area contributed by atoms with E-state index in [2.05, 4.69) is 5.32 Å². The number of Topliss-reactive ketones (excluding diaryl/α,β-unsaturated/α-hetero) is 2. The predicted octanol–water partition coefficient (Wildman–Crippen LogP) is 1.46. The Morgan fingerprint density at radius 1 is 1.10 bits per heavy atom. The fourth-order valence-corrected chi connectivity index (χ4v) is 8.62. The number of primary amides is 1. The van der Waals surface area contributed by atoms with Crippen LogP contribution in [0.2, 0.25) is 0 Å². The molecule has 0 aromatic heterocycles. The van der Waals surface area contributed by atoms with E-state index in [1.54, 1.807) is 19.0 Å². The smallest absolute Gasteiger partial charge is 0.255 e. The van der Waals surface area contributed by atoms with Gasteiger partial charge < -0.3 is 36.4 Å². The summed E-state index contributed by atoms with van der Waals surface area (Å²) in [5.74, 6) is -5.03. The van der Waals surface area contributed by atoms with Crippen molar-refractivity contribution in [3.8, 4) is 5.75 Å². The minimum absolute atomic E-state index is 0.0479. The summed E-state index contributed by atoms with van der Waals surface area (Å²) in [7, 11) is 6.95. The lowest BCUT2D eigenvalue weighted by Crippen LogP contribution is -2.63. The molecule has 0 radical (unpaired) electrons. The van der Waals surface area contributed by atoms with Crippen LogP contribution in [0.5, 0.6) is 5.75 Å². The van der Waals surface area contributed by atoms with Crippen molar-refractivity contribution in [1.82, 2.24) is 10.2 Å². The SMILES string of the molecule is CN(C)c1cc(CNC2CC3CC[C@@H]2C3)c(O)c2c1C[C@H]1C[C@H]3[C@H](N(C)C)C(O)=C(C(N)=O)C(=O)[C@@]3(O)C(O)=C1C2=O. The number of benzene rings is 1. The van der Waals surface area contributed by atoms with Crippen molar-refractivity contribution in [2.45, 2.75) is 62.8 Å². The Labute approximate surface area is 244 Å². The van der Waals surface area contributed by atoms with Crippen LogP contribution in [0, 0.1) is 23.7 Å². The third kappa shape index (κ3) is 3.93. The summed E-state index contributed by atoms with van der Waals surface area (Å²) in [4.78, 5) is 43.3. The number of nitrogens with two attached hydrogens (primary N) is 1. The maximum Gasteiger partial charge on any atom is 0.255 e. The number of phenolic OH excluding ortho intramolecular Hbond substituents is 1. The second-order valence-electron chi connectivity index (χ2n) is 13.3. The fourth-order valence-electron chi connectivity index (χ4n) is 8.62. The Hall–Kier alpha value is -3.41. The number of carbonyl (C=O) groups excluding carboxylic acids is 3. The van der Waals surface area contributed by atoms with Crippen molar-refractivity contribution in [3.63, 3.8) is 0 Å². The van der Waals surface area contributed by atoms with Crippen LogP contribution < -0.4 is 16.0 Å². The molecule has 11 nitrogen and oxygen atoms in total. The van der Waals surface area contributed by atoms with E-state index in [0.29, 0.717) is 29.6 Å². The molecular formula is C31H40N4O7. The van der Waals surface area contributed by atoms with Crippen molar-refractivity contribution < 1.29 is 34.8 Å². The number of anilines is 1. The van der Waals surface area contributed by atoms with Crippen molar-refractivity contribution in [2.75, 3.05) is 33.1 Å². The minimum atomic E-state index is -2.65. The number of carbonyl (C=O) groups is 3. The first-order chi connectivity index (χ1) is 19.8. The second-order valence-corrected chi connectivity index (χ2v) is 13.3. The van der Waals surface area contributed by atoms with Gasteiger partial charge in [0.05, 0.1) is 11.6 Å². The lowest BCUT2D eigenvalue weighted by atomic mass is 9.58. The zero-order valence-corrected chi connectivity index (χ0v) is 24.5. The summed E-state index contributed by atoms with van der Waals surface area (Å²) in [5, 5.41) is 49.4. The number of nitrogens with one attached hydrogen (secondary N) is 1. The topological polar surface area (TPSA) is 177 Å². The number of hydrogen-bond acceptors (Lipinski definition) is 10. The maximum absolute atomic E-state index is 14.2. The Morgan fingerprint density at radius 3 is 2.38 bits per heavy atom. The zero-order chi connectivity index (χ0) is 30.4. The van der Waals surface area contributed by atoms with Crippen LogP contribution in [0.1, 0.15) is 53.6 Å². The highest BCUT2D eigenvalue weighted by Crippen LogP contribution is 2.53. The van der Waals surface area contributed by atoms with Gasteiger partial charge in [-0.05, 0) is 75.6 Å². The maximum atomic E-state index is 14.2. The molecule has 0 saturated heterocycles. The number of ketones is 2. The van der Waals surface area contributed by atoms with Gasteiger partial charge in [0.1, 0.15) is 22.8 Å². The third-order valence-electron chi connectivity index (χ3n) is 10.6. The molecule has 1 aromatic carbocycles. The number of aliphatic hydroxyl groups is 3. The molecule has 42 heavy (non-hydrogen) atoms. The van der Waals surface area contributed by atoms with Gasteiger partial charge in [0, 0.05) is 49.4 Å². The number of aliphatic hydroxyl groups excluding tert-OH is 2. The van der Waals surface area contributed by atoms with Crippen LogP contribution in [0.4, 0.5) is 5.69 Å². The molecule has 5 aliphatic carbocycles. The molecule has 2 bridgehead atoms. The highest BCUT2D eigenvalue weighted by molar-refractivity contribution is 6.25. The zero-order valence-electron chi connectivity index (χ0n) is 24.5. The van der Waals surface area contributed by atoms with Crippen LogP contribution in [-0.2, 0) is 22.6 Å². The van der Waals surface area contributed by atoms with E-state index in [1.807, 2.05) is 25.1 Å². The van der Waals surface area contributed by atoms with Crippen molar-refractivity contribution >= 4 is 23.2 Å². The van der Waals surface area contributed by atoms with Crippen LogP contribution in [0.15, 0.2) is 28.7 Å². The number of likely N-dealkylation sites (N-methyl/N-ethyl adjacent to an activating group) is 1. The van der Waals surface area contributed by atoms with Crippen LogP contribution in [-0.4, -0.2) is 88.7 Å². The van der Waals surface area contributed by atoms with E-state index >= 15 is 0 Å². The van der Waals surface area contributed by atoms with Gasteiger partial charge >= 0.3 is 0 Å². The summed E-state index contributed by atoms with van der Waals surface area (Å²) in [6, 6.07) is 1.25. The minimum Gasteiger partial charge on any atom is -0.510 e. The molecule has 0 heterocycles. The molecular weight excluding hydrogens is 540 g/mol. The van der Waals surface area contributed by atoms with E-state index in [-0.39, 0.29) is 29.7 Å². The second kappa shape index (κ2) is 9.82. The third-order valence-corrected chi connectivity index (χ3v) is 10.6. The summed E-state index contributed by atoms with van der Waals surface area (Å²) in [6.45, 7) is 0.372. The molecule has 7 N–H and O–H groups in total. The molecule has 6 rings (SSSR count). The lowest BCUT2D eigenvalue weighted by molar-refractivity contribution is -0.148. The number of nitrogens with zero attached hydrogens (tertiary/aromatic N) is 2. The fraction of sp³-hybridized carbons (Fsp3) is 0.581. The van der Waals surface area contributed by atoms with Crippen molar-refractivity contribution in [2.24, 2.45) is 29.4 Å². The number of amides is 1. The van der Waals surface area contributed by atoms with Crippen molar-refractivity contribution in [1.29, 1.82) is 0 Å². The van der Waals surface area contributed by atoms with Gasteiger partial charge in [-0.3, -0.25) is 19.3 Å². The lowest BCUT2D eigenvalue weighted by Gasteiger charge is -2.50. The Morgan fingerprint density at radius 2 is 1.81 bits per heavy atom. The average molecular weight is 581 g/mol. The summed E-state index contributed by atoms with van der Waals surface area (Å²) in [5.41, 5.74) is 3.82. The molecule has 5 aliphatic rings. The molecule has 7 atom stereocenters. The predicted molar refractivity (Wildman–Crippen MR) is 154 cm³/mol. The number of aromatic hydroxyl groups is 1. The van der Waals surface area contributed by atoms with Crippen molar-refractivity contribution in [3.05, 3.63) is 45.4 Å². The van der Waals surface area contributed by atoms with Gasteiger partial charge in [-0.15, -0.1) is 0 Å². The quantitative estimate of drug-likeness (QED) is 0.270. The largest absolute Gasteiger partial charge is 0.510 e. The molecule has 226 valence electrons. The number of hydrogen-bond donors (Lipinski definition) is 6. The van der Waals surface area contributed by atoms with E-state index in [1.165, 1.54) is 19.3 Å². The van der Waals surface area contributed by atoms with E-state index in [0.717, 1.165) is 18.0 Å². The van der Waals surface area contributed by atoms with Gasteiger partial charge in [-0.1, -0.05) is 6.42 Å². The van der Waals surface area contributed by atoms with Gasteiger partial charge in [-0.25, -0.2) is 0 Å². The average Bonchev–Trinajstić information content (AvgIpc) is 3.53. The van der Waals surface area contributed by atoms with E-state index in [9.17, 15) is 34.8 Å². The van der Waals surface area contributed by atoms with Gasteiger partial charge in [0.25, 0.3) is 5.91 Å². The molecule has 1 amide bonds. The Balaban J connectivity index is 1.44. The van der Waals surface area contributed by atoms with Crippen LogP contribution in [0.25, 0.3) is 0 Å². The number of rotatable bonds is 6. The van der Waals surface area contributed by atoms with Gasteiger partial charge in [0.15, 0.2) is 11.4 Å². The van der Waals surface area contributed by atoms with E-state index in [4.69, 9.17) is 5.73 Å². The van der Waals surface area contributed by atoms with Gasteiger partial charge in [0.2, 0.25) is 5.78 Å². The Bertz CT molecular complexity index is 1460. The molecule has 1 aromatic rings. The highest BCUT2D eigenvalue weighted by atomic mass is 16.3. The standard InChI is InChI=1S/C31H40N4O7/c1-34(2)20-11-16(12-33-19-8-13-5-6-14(19)7-13)25(36)22-17(20)9-15-10-18-24(35(3)4)27(38)23(30(32)41)29(40)31(18,42)28(39)21(15)26(22)37/h11,13-15,18-19,24,33,36,38-39,42H,5-10,12H2,1-4H3,(H2,32,41)/t13?,14-,15+,18+,19?,24+,31+/m1/s1. The first-order valence-corrected chi connectivity index (χ1v) is 14.7. The Kier molecular flexibility index (Phi) is 6.71. The molecule has 0 spiro atoms. The molecule has 2 unspecified atom stereocenters. The summed E-state index contributed by atoms with van der Waals surface area (Å²) >= 11 is 0.